The van der Waals surface area contributed by atoms with Crippen molar-refractivity contribution >= 4 is 8.22 Å². The molecule has 1 unspecified atom stereocenters. The molecule has 0 spiro atoms. The van der Waals surface area contributed by atoms with E-state index < -0.39 is 8.22 Å². The summed E-state index contributed by atoms with van der Waals surface area (Å²) in [5.41, 5.74) is 5.45. The average Bonchev–Trinajstić information content (AvgIpc) is 1.69. The van der Waals surface area contributed by atoms with E-state index in [1.54, 1.807) is 0 Å². The third kappa shape index (κ3) is 1.30. The van der Waals surface area contributed by atoms with E-state index in [4.69, 9.17) is 5.50 Å². The number of hydrogen-bond donors (Lipinski definition) is 2. The van der Waals surface area contributed by atoms with Crippen LogP contribution < -0.4 is 10.6 Å². The summed E-state index contributed by atoms with van der Waals surface area (Å²) in [6, 6.07) is 0. The Morgan fingerprint density at radius 2 is 2.29 bits per heavy atom. The van der Waals surface area contributed by atoms with Gasteiger partial charge in [-0.15, -0.1) is 0 Å². The Morgan fingerprint density at radius 1 is 1.43 bits per heavy atom. The highest BCUT2D eigenvalue weighted by molar-refractivity contribution is 7.56. The Bertz CT molecular complexity index is 108. The monoisotopic (exact) mass is 114 g/mol. The molecule has 1 aliphatic rings. The molecule has 1 rings (SSSR count). The van der Waals surface area contributed by atoms with Gasteiger partial charge in [-0.2, -0.15) is 0 Å². The fourth-order valence-corrected chi connectivity index (χ4v) is 0.999. The molecule has 1 atom stereocenters. The summed E-state index contributed by atoms with van der Waals surface area (Å²) in [5.74, 6) is 1.95. The molecule has 2 nitrogen and oxygen atoms in total. The lowest BCUT2D eigenvalue weighted by Crippen LogP contribution is -2.03. The first-order chi connectivity index (χ1) is 3.39. The van der Waals surface area contributed by atoms with E-state index in [2.05, 4.69) is 5.09 Å². The van der Waals surface area contributed by atoms with Crippen LogP contribution in [-0.2, 0) is 0 Å². The van der Waals surface area contributed by atoms with Gasteiger partial charge in [0.25, 0.3) is 0 Å². The Hall–Kier alpha value is -0.330. The molecular weight excluding hydrogens is 107 g/mol. The zero-order valence-electron chi connectivity index (χ0n) is 3.83. The molecule has 3 heteroatoms. The minimum absolute atomic E-state index is 0.509. The molecule has 7 heavy (non-hydrogen) atoms. The molecule has 0 amide bonds. The van der Waals surface area contributed by atoms with Crippen molar-refractivity contribution in [2.45, 2.75) is 0 Å². The van der Waals surface area contributed by atoms with Gasteiger partial charge in [0.1, 0.15) is 0 Å². The van der Waals surface area contributed by atoms with Crippen molar-refractivity contribution in [3.05, 3.63) is 24.2 Å². The lowest BCUT2D eigenvalue weighted by Gasteiger charge is -2.06. The SMILES string of the molecule is NP1C=CC=CN1. The highest BCUT2D eigenvalue weighted by Crippen LogP contribution is 2.22. The second kappa shape index (κ2) is 2.10. The lowest BCUT2D eigenvalue weighted by atomic mass is 10.6. The third-order valence-corrected chi connectivity index (χ3v) is 1.62. The molecule has 0 aromatic heterocycles. The van der Waals surface area contributed by atoms with E-state index >= 15 is 0 Å². The van der Waals surface area contributed by atoms with Crippen molar-refractivity contribution in [1.29, 1.82) is 0 Å². The van der Waals surface area contributed by atoms with Crippen molar-refractivity contribution in [3.8, 4) is 0 Å². The van der Waals surface area contributed by atoms with Crippen LogP contribution in [0.1, 0.15) is 0 Å². The van der Waals surface area contributed by atoms with Gasteiger partial charge in [-0.1, -0.05) is 6.08 Å². The van der Waals surface area contributed by atoms with Gasteiger partial charge in [0.2, 0.25) is 0 Å². The second-order valence-electron chi connectivity index (χ2n) is 1.24. The van der Waals surface area contributed by atoms with E-state index in [1.165, 1.54) is 0 Å². The summed E-state index contributed by atoms with van der Waals surface area (Å²) in [4.78, 5) is 0. The maximum Gasteiger partial charge on any atom is 0.0838 e. The fraction of sp³-hybridized carbons (Fsp3) is 0. The molecule has 1 aliphatic heterocycles. The van der Waals surface area contributed by atoms with Gasteiger partial charge in [0, 0.05) is 6.20 Å². The zero-order valence-corrected chi connectivity index (χ0v) is 4.73. The van der Waals surface area contributed by atoms with Gasteiger partial charge < -0.3 is 5.09 Å². The smallest absolute Gasteiger partial charge is 0.0838 e. The second-order valence-corrected chi connectivity index (χ2v) is 2.61. The first-order valence-corrected chi connectivity index (χ1v) is 3.51. The number of rotatable bonds is 0. The first-order valence-electron chi connectivity index (χ1n) is 2.03. The fourth-order valence-electron chi connectivity index (χ4n) is 0.370. The molecule has 0 saturated heterocycles. The maximum atomic E-state index is 5.45. The topological polar surface area (TPSA) is 38.0 Å². The minimum atomic E-state index is -0.509. The summed E-state index contributed by atoms with van der Waals surface area (Å²) in [7, 11) is -0.509. The standard InChI is InChI=1S/C4H7N2P/c5-7-4-2-1-3-6-7/h1-4,6H,5H2. The van der Waals surface area contributed by atoms with Crippen LogP contribution in [-0.4, -0.2) is 0 Å². The van der Waals surface area contributed by atoms with Crippen molar-refractivity contribution in [3.63, 3.8) is 0 Å². The maximum absolute atomic E-state index is 5.45. The van der Waals surface area contributed by atoms with Gasteiger partial charge in [0.05, 0.1) is 8.22 Å². The van der Waals surface area contributed by atoms with Crippen LogP contribution in [0.3, 0.4) is 0 Å². The molecule has 0 aromatic carbocycles. The number of nitrogens with two attached hydrogens (primary N) is 1. The molecule has 0 saturated carbocycles. The van der Waals surface area contributed by atoms with Crippen molar-refractivity contribution < 1.29 is 0 Å². The van der Waals surface area contributed by atoms with E-state index in [0.717, 1.165) is 0 Å². The molecule has 38 valence electrons. The van der Waals surface area contributed by atoms with Crippen LogP contribution in [0.5, 0.6) is 0 Å². The summed E-state index contributed by atoms with van der Waals surface area (Å²) < 4.78 is 0. The molecule has 1 heterocycles. The van der Waals surface area contributed by atoms with Crippen molar-refractivity contribution in [1.82, 2.24) is 5.09 Å². The summed E-state index contributed by atoms with van der Waals surface area (Å²) in [5, 5.41) is 2.96. The van der Waals surface area contributed by atoms with Crippen LogP contribution in [0.15, 0.2) is 24.2 Å². The van der Waals surface area contributed by atoms with Gasteiger partial charge in [-0.25, -0.2) is 0 Å². The van der Waals surface area contributed by atoms with Crippen LogP contribution in [0.2, 0.25) is 0 Å². The highest BCUT2D eigenvalue weighted by atomic mass is 31.1. The predicted octanol–water partition coefficient (Wildman–Crippen LogP) is 0.888. The molecule has 0 bridgehead atoms. The Labute approximate surface area is 44.0 Å². The quantitative estimate of drug-likeness (QED) is 0.459. The van der Waals surface area contributed by atoms with Crippen LogP contribution in [0.25, 0.3) is 0 Å². The van der Waals surface area contributed by atoms with Crippen molar-refractivity contribution in [2.24, 2.45) is 5.50 Å². The van der Waals surface area contributed by atoms with Crippen molar-refractivity contribution in [2.75, 3.05) is 0 Å². The number of allylic oxidation sites excluding steroid dienone is 2. The lowest BCUT2D eigenvalue weighted by molar-refractivity contribution is 1.36. The summed E-state index contributed by atoms with van der Waals surface area (Å²) in [6.07, 6.45) is 5.72. The highest BCUT2D eigenvalue weighted by Gasteiger charge is 1.90. The van der Waals surface area contributed by atoms with E-state index in [0.29, 0.717) is 0 Å². The average molecular weight is 114 g/mol. The number of nitrogens with one attached hydrogen (secondary N) is 1. The first kappa shape index (κ1) is 4.82. The summed E-state index contributed by atoms with van der Waals surface area (Å²) >= 11 is 0. The molecular formula is C4H7N2P. The molecule has 0 fully saturated rings. The third-order valence-electron chi connectivity index (χ3n) is 0.678. The van der Waals surface area contributed by atoms with E-state index in [-0.39, 0.29) is 0 Å². The van der Waals surface area contributed by atoms with Crippen LogP contribution >= 0.6 is 8.22 Å². The van der Waals surface area contributed by atoms with E-state index in [1.807, 2.05) is 24.2 Å². The summed E-state index contributed by atoms with van der Waals surface area (Å²) in [6.45, 7) is 0. The predicted molar refractivity (Wildman–Crippen MR) is 32.5 cm³/mol. The Kier molecular flexibility index (Phi) is 1.45. The van der Waals surface area contributed by atoms with Crippen LogP contribution in [0.4, 0.5) is 0 Å². The minimum Gasteiger partial charge on any atom is -0.356 e. The van der Waals surface area contributed by atoms with Gasteiger partial charge in [-0.05, 0) is 11.9 Å². The number of hydrogen-bond acceptors (Lipinski definition) is 2. The zero-order chi connectivity index (χ0) is 5.11. The Morgan fingerprint density at radius 3 is 2.57 bits per heavy atom. The van der Waals surface area contributed by atoms with Gasteiger partial charge in [-0.3, -0.25) is 5.50 Å². The molecule has 0 aliphatic carbocycles. The van der Waals surface area contributed by atoms with Gasteiger partial charge in [0.15, 0.2) is 0 Å². The molecule has 0 aromatic rings. The van der Waals surface area contributed by atoms with Gasteiger partial charge >= 0.3 is 0 Å². The largest absolute Gasteiger partial charge is 0.356 e. The Balaban J connectivity index is 2.49. The normalized spacial score (nSPS) is 27.3. The van der Waals surface area contributed by atoms with Crippen LogP contribution in [0, 0.1) is 0 Å². The van der Waals surface area contributed by atoms with E-state index in [9.17, 15) is 0 Å². The molecule has 3 N–H and O–H groups in total. The molecule has 0 radical (unpaired) electrons.